The van der Waals surface area contributed by atoms with Crippen molar-refractivity contribution in [1.82, 2.24) is 31.1 Å². The molecule has 1 aromatic heterocycles. The van der Waals surface area contributed by atoms with Crippen LogP contribution in [0.25, 0.3) is 11.4 Å². The van der Waals surface area contributed by atoms with Crippen LogP contribution in [0.15, 0.2) is 78.9 Å². The van der Waals surface area contributed by atoms with Crippen molar-refractivity contribution in [2.45, 2.75) is 13.5 Å². The zero-order valence-electron chi connectivity index (χ0n) is 16.8. The topological polar surface area (TPSA) is 102 Å². The fourth-order valence-corrected chi connectivity index (χ4v) is 3.02. The predicted molar refractivity (Wildman–Crippen MR) is 115 cm³/mol. The highest BCUT2D eigenvalue weighted by atomic mass is 16.2. The van der Waals surface area contributed by atoms with Gasteiger partial charge in [-0.15, -0.1) is 10.2 Å². The van der Waals surface area contributed by atoms with Gasteiger partial charge in [-0.1, -0.05) is 60.7 Å². The summed E-state index contributed by atoms with van der Waals surface area (Å²) in [7, 11) is 0. The number of aromatic nitrogens is 4. The highest BCUT2D eigenvalue weighted by Crippen LogP contribution is 2.13. The Kier molecular flexibility index (Phi) is 5.79. The van der Waals surface area contributed by atoms with Crippen LogP contribution in [0.4, 0.5) is 0 Å². The molecule has 0 unspecified atom stereocenters. The first-order valence-corrected chi connectivity index (χ1v) is 9.68. The molecule has 0 radical (unpaired) electrons. The van der Waals surface area contributed by atoms with E-state index in [-0.39, 0.29) is 5.91 Å². The monoisotopic (exact) mass is 412 g/mol. The maximum absolute atomic E-state index is 12.3. The number of hydrazine groups is 1. The average molecular weight is 412 g/mol. The van der Waals surface area contributed by atoms with E-state index in [1.807, 2.05) is 61.5 Å². The smallest absolute Gasteiger partial charge is 0.267 e. The summed E-state index contributed by atoms with van der Waals surface area (Å²) in [6.07, 6.45) is 0. The van der Waals surface area contributed by atoms with Gasteiger partial charge in [-0.2, -0.15) is 4.80 Å². The number of tetrazole rings is 1. The van der Waals surface area contributed by atoms with Crippen LogP contribution in [0.3, 0.4) is 0 Å². The number of rotatable bonds is 5. The van der Waals surface area contributed by atoms with Crippen LogP contribution >= 0.6 is 0 Å². The van der Waals surface area contributed by atoms with Crippen LogP contribution in [0.2, 0.25) is 0 Å². The van der Waals surface area contributed by atoms with Crippen molar-refractivity contribution in [3.8, 4) is 11.4 Å². The van der Waals surface area contributed by atoms with Gasteiger partial charge in [0.25, 0.3) is 11.8 Å². The molecular formula is C23H20N6O2. The van der Waals surface area contributed by atoms with Crippen molar-refractivity contribution >= 4 is 11.8 Å². The van der Waals surface area contributed by atoms with Crippen LogP contribution in [-0.2, 0) is 6.54 Å². The quantitative estimate of drug-likeness (QED) is 0.491. The van der Waals surface area contributed by atoms with Crippen molar-refractivity contribution in [2.24, 2.45) is 0 Å². The molecule has 0 spiro atoms. The normalized spacial score (nSPS) is 10.5. The van der Waals surface area contributed by atoms with Crippen LogP contribution in [0, 0.1) is 6.92 Å². The Balaban J connectivity index is 1.35. The first kappa shape index (κ1) is 20.0. The van der Waals surface area contributed by atoms with Crippen LogP contribution in [0.5, 0.6) is 0 Å². The van der Waals surface area contributed by atoms with E-state index in [1.54, 1.807) is 24.3 Å². The first-order chi connectivity index (χ1) is 15.1. The van der Waals surface area contributed by atoms with Gasteiger partial charge in [0.1, 0.15) is 0 Å². The standard InChI is InChI=1S/C23H20N6O2/c1-16-7-5-6-10-20(16)23(31)26-25-22(30)19-13-11-17(12-14-19)15-29-27-21(24-28-29)18-8-3-2-4-9-18/h2-14H,15H2,1H3,(H,25,30)(H,26,31). The number of nitrogens with one attached hydrogen (secondary N) is 2. The number of amides is 2. The number of hydrogen-bond donors (Lipinski definition) is 2. The fourth-order valence-electron chi connectivity index (χ4n) is 3.02. The van der Waals surface area contributed by atoms with Gasteiger partial charge in [0.05, 0.1) is 6.54 Å². The Labute approximate surface area is 178 Å². The van der Waals surface area contributed by atoms with Gasteiger partial charge in [-0.3, -0.25) is 20.4 Å². The molecule has 2 N–H and O–H groups in total. The molecule has 0 aliphatic heterocycles. The highest BCUT2D eigenvalue weighted by molar-refractivity contribution is 5.99. The molecule has 0 atom stereocenters. The van der Waals surface area contributed by atoms with Gasteiger partial charge in [0.2, 0.25) is 5.82 Å². The minimum atomic E-state index is -0.404. The molecule has 8 heteroatoms. The predicted octanol–water partition coefficient (Wildman–Crippen LogP) is 2.77. The maximum atomic E-state index is 12.3. The Morgan fingerprint density at radius 1 is 0.839 bits per heavy atom. The molecule has 0 saturated carbocycles. The van der Waals surface area contributed by atoms with E-state index in [0.717, 1.165) is 16.7 Å². The Hall–Kier alpha value is -4.33. The molecule has 2 amide bonds. The fraction of sp³-hybridized carbons (Fsp3) is 0.0870. The second-order valence-electron chi connectivity index (χ2n) is 6.93. The Morgan fingerprint density at radius 3 is 2.26 bits per heavy atom. The molecule has 3 aromatic carbocycles. The molecule has 0 saturated heterocycles. The van der Waals surface area contributed by atoms with Crippen LogP contribution < -0.4 is 10.9 Å². The lowest BCUT2D eigenvalue weighted by molar-refractivity contribution is 0.0846. The minimum Gasteiger partial charge on any atom is -0.267 e. The van der Waals surface area contributed by atoms with E-state index >= 15 is 0 Å². The number of hydrogen-bond acceptors (Lipinski definition) is 5. The number of carbonyl (C=O) groups is 2. The van der Waals surface area contributed by atoms with E-state index in [0.29, 0.717) is 23.5 Å². The molecule has 0 fully saturated rings. The summed E-state index contributed by atoms with van der Waals surface area (Å²) in [6, 6.07) is 23.8. The summed E-state index contributed by atoms with van der Waals surface area (Å²) in [6.45, 7) is 2.26. The molecule has 0 aliphatic rings. The first-order valence-electron chi connectivity index (χ1n) is 9.68. The third-order valence-electron chi connectivity index (χ3n) is 4.70. The Bertz CT molecular complexity index is 1200. The third kappa shape index (κ3) is 4.81. The largest absolute Gasteiger partial charge is 0.269 e. The van der Waals surface area contributed by atoms with Gasteiger partial charge in [0.15, 0.2) is 0 Å². The Morgan fingerprint density at radius 2 is 1.52 bits per heavy atom. The number of nitrogens with zero attached hydrogens (tertiary/aromatic N) is 4. The summed E-state index contributed by atoms with van der Waals surface area (Å²) in [4.78, 5) is 26.0. The van der Waals surface area contributed by atoms with E-state index in [9.17, 15) is 9.59 Å². The van der Waals surface area contributed by atoms with Crippen LogP contribution in [0.1, 0.15) is 31.8 Å². The van der Waals surface area contributed by atoms with Crippen molar-refractivity contribution in [3.63, 3.8) is 0 Å². The molecular weight excluding hydrogens is 392 g/mol. The average Bonchev–Trinajstić information content (AvgIpc) is 3.27. The molecule has 4 aromatic rings. The third-order valence-corrected chi connectivity index (χ3v) is 4.70. The summed E-state index contributed by atoms with van der Waals surface area (Å²) < 4.78 is 0. The van der Waals surface area contributed by atoms with Crippen molar-refractivity contribution in [2.75, 3.05) is 0 Å². The highest BCUT2D eigenvalue weighted by Gasteiger charge is 2.11. The second-order valence-corrected chi connectivity index (χ2v) is 6.93. The zero-order chi connectivity index (χ0) is 21.6. The number of benzene rings is 3. The zero-order valence-corrected chi connectivity index (χ0v) is 16.8. The van der Waals surface area contributed by atoms with E-state index in [4.69, 9.17) is 0 Å². The van der Waals surface area contributed by atoms with Gasteiger partial charge in [-0.25, -0.2) is 0 Å². The second kappa shape index (κ2) is 9.00. The molecule has 0 aliphatic carbocycles. The van der Waals surface area contributed by atoms with Gasteiger partial charge in [0, 0.05) is 16.7 Å². The molecule has 8 nitrogen and oxygen atoms in total. The molecule has 31 heavy (non-hydrogen) atoms. The molecule has 154 valence electrons. The number of aryl methyl sites for hydroxylation is 1. The van der Waals surface area contributed by atoms with E-state index < -0.39 is 5.91 Å². The van der Waals surface area contributed by atoms with Crippen molar-refractivity contribution in [1.29, 1.82) is 0 Å². The summed E-state index contributed by atoms with van der Waals surface area (Å²) >= 11 is 0. The molecule has 0 bridgehead atoms. The van der Waals surface area contributed by atoms with Crippen molar-refractivity contribution < 1.29 is 9.59 Å². The van der Waals surface area contributed by atoms with E-state index in [1.165, 1.54) is 4.80 Å². The van der Waals surface area contributed by atoms with Crippen LogP contribution in [-0.4, -0.2) is 32.0 Å². The lowest BCUT2D eigenvalue weighted by atomic mass is 10.1. The summed E-state index contributed by atoms with van der Waals surface area (Å²) in [5, 5.41) is 12.5. The SMILES string of the molecule is Cc1ccccc1C(=O)NNC(=O)c1ccc(Cn2nnc(-c3ccccc3)n2)cc1. The summed E-state index contributed by atoms with van der Waals surface area (Å²) in [5.41, 5.74) is 8.45. The number of carbonyl (C=O) groups excluding carboxylic acids is 2. The minimum absolute atomic E-state index is 0.366. The van der Waals surface area contributed by atoms with E-state index in [2.05, 4.69) is 26.3 Å². The maximum Gasteiger partial charge on any atom is 0.269 e. The molecule has 1 heterocycles. The van der Waals surface area contributed by atoms with Gasteiger partial charge in [-0.05, 0) is 41.5 Å². The molecule has 4 rings (SSSR count). The van der Waals surface area contributed by atoms with Gasteiger partial charge >= 0.3 is 0 Å². The van der Waals surface area contributed by atoms with Gasteiger partial charge < -0.3 is 0 Å². The summed E-state index contributed by atoms with van der Waals surface area (Å²) in [5.74, 6) is -0.214. The van der Waals surface area contributed by atoms with Crippen molar-refractivity contribution in [3.05, 3.63) is 101 Å². The lowest BCUT2D eigenvalue weighted by Gasteiger charge is -2.09. The lowest BCUT2D eigenvalue weighted by Crippen LogP contribution is -2.41.